The van der Waals surface area contributed by atoms with E-state index in [4.69, 9.17) is 47.4 Å². The van der Waals surface area contributed by atoms with Crippen molar-refractivity contribution in [2.75, 3.05) is 106 Å². The number of benzene rings is 3. The molecule has 0 N–H and O–H groups in total. The van der Waals surface area contributed by atoms with Gasteiger partial charge in [0.15, 0.2) is 0 Å². The Morgan fingerprint density at radius 1 is 0.286 bits per heavy atom. The van der Waals surface area contributed by atoms with Gasteiger partial charge < -0.3 is 47.4 Å². The third-order valence-electron chi connectivity index (χ3n) is 6.12. The summed E-state index contributed by atoms with van der Waals surface area (Å²) in [6, 6.07) is 19.4. The van der Waals surface area contributed by atoms with Crippen LogP contribution in [-0.2, 0) is 28.4 Å². The van der Waals surface area contributed by atoms with E-state index in [1.165, 1.54) is 0 Å². The molecule has 0 amide bonds. The number of ether oxygens (including phenoxy) is 10. The molecular weight excluding hydrogens is 544 g/mol. The van der Waals surface area contributed by atoms with Gasteiger partial charge in [-0.25, -0.2) is 0 Å². The van der Waals surface area contributed by atoms with Gasteiger partial charge in [-0.1, -0.05) is 24.3 Å². The first-order chi connectivity index (χ1) is 20.9. The van der Waals surface area contributed by atoms with Gasteiger partial charge in [0, 0.05) is 10.8 Å². The zero-order valence-electron chi connectivity index (χ0n) is 24.2. The topological polar surface area (TPSA) is 92.3 Å². The van der Waals surface area contributed by atoms with Gasteiger partial charge >= 0.3 is 0 Å². The summed E-state index contributed by atoms with van der Waals surface area (Å²) in [5, 5.41) is 1.98. The van der Waals surface area contributed by atoms with E-state index in [9.17, 15) is 0 Å². The minimum Gasteiger partial charge on any atom is -0.491 e. The highest BCUT2D eigenvalue weighted by molar-refractivity contribution is 5.93. The number of hydrogen-bond acceptors (Lipinski definition) is 10. The van der Waals surface area contributed by atoms with Crippen molar-refractivity contribution in [1.82, 2.24) is 0 Å². The Labute approximate surface area is 247 Å². The summed E-state index contributed by atoms with van der Waals surface area (Å²) in [7, 11) is 0. The SMILES string of the molecule is c1cc2c3cccc(c3c1)OCCOCCOCCOCCOc1ccc(cc1)OCCOCCOCCOCCO2. The second-order valence-corrected chi connectivity index (χ2v) is 9.15. The summed E-state index contributed by atoms with van der Waals surface area (Å²) in [4.78, 5) is 0. The van der Waals surface area contributed by atoms with E-state index in [-0.39, 0.29) is 0 Å². The largest absolute Gasteiger partial charge is 0.491 e. The second-order valence-electron chi connectivity index (χ2n) is 9.15. The number of rotatable bonds is 0. The molecule has 3 aromatic carbocycles. The van der Waals surface area contributed by atoms with E-state index in [1.54, 1.807) is 0 Å². The Morgan fingerprint density at radius 3 is 0.905 bits per heavy atom. The molecule has 230 valence electrons. The quantitative estimate of drug-likeness (QED) is 0.358. The Bertz CT molecular complexity index is 1040. The number of fused-ring (bicyclic) bond motifs is 26. The van der Waals surface area contributed by atoms with Gasteiger partial charge in [-0.3, -0.25) is 0 Å². The van der Waals surface area contributed by atoms with Gasteiger partial charge in [0.25, 0.3) is 0 Å². The molecule has 0 saturated heterocycles. The summed E-state index contributed by atoms with van der Waals surface area (Å²) >= 11 is 0. The maximum Gasteiger partial charge on any atom is 0.127 e. The minimum absolute atomic E-state index is 0.436. The molecule has 5 rings (SSSR count). The molecule has 2 aliphatic heterocycles. The van der Waals surface area contributed by atoms with Crippen LogP contribution in [0.2, 0.25) is 0 Å². The molecule has 10 heteroatoms. The van der Waals surface area contributed by atoms with E-state index in [1.807, 2.05) is 60.7 Å². The van der Waals surface area contributed by atoms with Gasteiger partial charge in [0.1, 0.15) is 49.4 Å². The van der Waals surface area contributed by atoms with Crippen molar-refractivity contribution in [2.24, 2.45) is 0 Å². The first-order valence-corrected chi connectivity index (χ1v) is 14.5. The van der Waals surface area contributed by atoms with Crippen molar-refractivity contribution in [3.63, 3.8) is 0 Å². The zero-order valence-corrected chi connectivity index (χ0v) is 24.2. The van der Waals surface area contributed by atoms with Crippen molar-refractivity contribution < 1.29 is 47.4 Å². The Kier molecular flexibility index (Phi) is 15.1. The maximum absolute atomic E-state index is 6.00. The predicted molar refractivity (Wildman–Crippen MR) is 157 cm³/mol. The van der Waals surface area contributed by atoms with E-state index in [2.05, 4.69) is 0 Å². The molecule has 10 nitrogen and oxygen atoms in total. The molecule has 3 aromatic rings. The average Bonchev–Trinajstić information content (AvgIpc) is 3.02. The van der Waals surface area contributed by atoms with Crippen LogP contribution in [0.5, 0.6) is 23.0 Å². The maximum atomic E-state index is 6.00. The van der Waals surface area contributed by atoms with Crippen molar-refractivity contribution >= 4 is 10.8 Å². The smallest absolute Gasteiger partial charge is 0.127 e. The van der Waals surface area contributed by atoms with Crippen LogP contribution in [0.15, 0.2) is 60.7 Å². The molecule has 0 atom stereocenters. The van der Waals surface area contributed by atoms with Crippen LogP contribution in [0.25, 0.3) is 10.8 Å². The molecule has 0 radical (unpaired) electrons. The van der Waals surface area contributed by atoms with Crippen LogP contribution < -0.4 is 18.9 Å². The van der Waals surface area contributed by atoms with E-state index in [0.29, 0.717) is 106 Å². The highest BCUT2D eigenvalue weighted by Crippen LogP contribution is 2.32. The van der Waals surface area contributed by atoms with Gasteiger partial charge in [-0.2, -0.15) is 0 Å². The van der Waals surface area contributed by atoms with Crippen LogP contribution in [0.3, 0.4) is 0 Å². The molecule has 0 spiro atoms. The normalized spacial score (nSPS) is 18.6. The fraction of sp³-hybridized carbons (Fsp3) is 0.500. The van der Waals surface area contributed by atoms with Crippen molar-refractivity contribution in [3.05, 3.63) is 60.7 Å². The Morgan fingerprint density at radius 2 is 0.571 bits per heavy atom. The van der Waals surface area contributed by atoms with Crippen LogP contribution in [-0.4, -0.2) is 106 Å². The van der Waals surface area contributed by atoms with Gasteiger partial charge in [0.2, 0.25) is 0 Å². The van der Waals surface area contributed by atoms with Crippen molar-refractivity contribution in [3.8, 4) is 23.0 Å². The molecule has 0 fully saturated rings. The van der Waals surface area contributed by atoms with Gasteiger partial charge in [0.05, 0.1) is 79.3 Å². The molecular formula is C32H42O10. The lowest BCUT2D eigenvalue weighted by Crippen LogP contribution is -2.14. The second kappa shape index (κ2) is 19.9. The van der Waals surface area contributed by atoms with E-state index < -0.39 is 0 Å². The van der Waals surface area contributed by atoms with Crippen molar-refractivity contribution in [1.29, 1.82) is 0 Å². The molecule has 2 heterocycles. The molecule has 0 aromatic heterocycles. The van der Waals surface area contributed by atoms with Crippen LogP contribution in [0.4, 0.5) is 0 Å². The van der Waals surface area contributed by atoms with E-state index in [0.717, 1.165) is 33.8 Å². The predicted octanol–water partition coefficient (Wildman–Crippen LogP) is 4.17. The standard InChI is InChI=1S/C32H42O10/c1-3-29-30-4-2-6-32(29)42-26-22-38-18-14-34-12-16-36-20-24-40-28-9-7-27(8-10-28)39-23-19-35-15-11-33-13-17-37-21-25-41-31(30)5-1/h1-10H,11-26H2. The first-order valence-electron chi connectivity index (χ1n) is 14.5. The molecule has 2 aliphatic rings. The lowest BCUT2D eigenvalue weighted by atomic mass is 10.1. The Balaban J connectivity index is 1.19. The van der Waals surface area contributed by atoms with Crippen LogP contribution >= 0.6 is 0 Å². The highest BCUT2D eigenvalue weighted by atomic mass is 16.6. The third kappa shape index (κ3) is 12.0. The third-order valence-corrected chi connectivity index (χ3v) is 6.12. The Hall–Kier alpha value is -3.12. The molecule has 0 unspecified atom stereocenters. The summed E-state index contributed by atoms with van der Waals surface area (Å²) in [5.41, 5.74) is 0. The summed E-state index contributed by atoms with van der Waals surface area (Å²) in [6.45, 7) is 7.60. The molecule has 6 bridgehead atoms. The summed E-state index contributed by atoms with van der Waals surface area (Å²) in [6.07, 6.45) is 0. The summed E-state index contributed by atoms with van der Waals surface area (Å²) < 4.78 is 57.0. The molecule has 0 saturated carbocycles. The van der Waals surface area contributed by atoms with Crippen molar-refractivity contribution in [2.45, 2.75) is 0 Å². The van der Waals surface area contributed by atoms with Crippen LogP contribution in [0.1, 0.15) is 0 Å². The van der Waals surface area contributed by atoms with Gasteiger partial charge in [-0.05, 0) is 36.4 Å². The highest BCUT2D eigenvalue weighted by Gasteiger charge is 2.07. The van der Waals surface area contributed by atoms with E-state index >= 15 is 0 Å². The first kappa shape index (κ1) is 31.8. The fourth-order valence-corrected chi connectivity index (χ4v) is 4.08. The lowest BCUT2D eigenvalue weighted by Gasteiger charge is -2.13. The lowest BCUT2D eigenvalue weighted by molar-refractivity contribution is 0.00484. The van der Waals surface area contributed by atoms with Crippen LogP contribution in [0, 0.1) is 0 Å². The summed E-state index contributed by atoms with van der Waals surface area (Å²) in [5.74, 6) is 3.10. The monoisotopic (exact) mass is 586 g/mol. The fourth-order valence-electron chi connectivity index (χ4n) is 4.08. The van der Waals surface area contributed by atoms with Gasteiger partial charge in [-0.15, -0.1) is 0 Å². The zero-order chi connectivity index (χ0) is 28.9. The molecule has 42 heavy (non-hydrogen) atoms. The minimum atomic E-state index is 0.436. The average molecular weight is 587 g/mol. The number of hydrogen-bond donors (Lipinski definition) is 0. The molecule has 0 aliphatic carbocycles.